The van der Waals surface area contributed by atoms with Crippen molar-refractivity contribution >= 4 is 0 Å². The highest BCUT2D eigenvalue weighted by Gasteiger charge is 2.59. The minimum Gasteiger partial charge on any atom is -0.389 e. The molecule has 6 unspecified atom stereocenters. The van der Waals surface area contributed by atoms with Gasteiger partial charge in [-0.3, -0.25) is 0 Å². The van der Waals surface area contributed by atoms with E-state index in [0.717, 1.165) is 38.5 Å². The molecular formula is C16H26F2O2. The Morgan fingerprint density at radius 1 is 1.25 bits per heavy atom. The Hall–Kier alpha value is -0.220. The van der Waals surface area contributed by atoms with Crippen molar-refractivity contribution in [1.29, 1.82) is 0 Å². The summed E-state index contributed by atoms with van der Waals surface area (Å²) >= 11 is 0. The lowest BCUT2D eigenvalue weighted by Crippen LogP contribution is -2.62. The first-order valence-electron chi connectivity index (χ1n) is 8.01. The number of aliphatic hydroxyl groups is 1. The zero-order valence-corrected chi connectivity index (χ0v) is 12.4. The summed E-state index contributed by atoms with van der Waals surface area (Å²) in [5.74, 6) is -0.468. The highest BCUT2D eigenvalue weighted by atomic mass is 19.3. The maximum absolute atomic E-state index is 12.9. The van der Waals surface area contributed by atoms with Gasteiger partial charge in [-0.2, -0.15) is 0 Å². The first-order chi connectivity index (χ1) is 9.33. The summed E-state index contributed by atoms with van der Waals surface area (Å²) in [6.07, 6.45) is 5.28. The van der Waals surface area contributed by atoms with Crippen LogP contribution >= 0.6 is 0 Å². The van der Waals surface area contributed by atoms with Crippen LogP contribution in [0.25, 0.3) is 0 Å². The minimum absolute atomic E-state index is 0.259. The van der Waals surface area contributed by atoms with E-state index < -0.39 is 18.1 Å². The molecule has 6 atom stereocenters. The zero-order chi connectivity index (χ0) is 14.5. The van der Waals surface area contributed by atoms with E-state index in [9.17, 15) is 13.9 Å². The molecule has 20 heavy (non-hydrogen) atoms. The predicted octanol–water partition coefficient (Wildman–Crippen LogP) is 3.48. The highest BCUT2D eigenvalue weighted by Crippen LogP contribution is 2.61. The quantitative estimate of drug-likeness (QED) is 0.839. The van der Waals surface area contributed by atoms with Gasteiger partial charge in [0, 0.05) is 6.92 Å². The molecule has 4 fully saturated rings. The molecule has 4 bridgehead atoms. The van der Waals surface area contributed by atoms with Crippen LogP contribution in [-0.2, 0) is 4.74 Å². The molecule has 4 heteroatoms. The molecular weight excluding hydrogens is 262 g/mol. The molecule has 0 saturated heterocycles. The molecule has 4 aliphatic carbocycles. The van der Waals surface area contributed by atoms with Gasteiger partial charge < -0.3 is 9.84 Å². The Bertz CT molecular complexity index is 368. The van der Waals surface area contributed by atoms with Crippen molar-refractivity contribution < 1.29 is 18.6 Å². The van der Waals surface area contributed by atoms with E-state index in [0.29, 0.717) is 18.4 Å². The van der Waals surface area contributed by atoms with E-state index in [1.54, 1.807) is 0 Å². The number of ether oxygens (including phenoxy) is 1. The van der Waals surface area contributed by atoms with Crippen molar-refractivity contribution in [3.8, 4) is 0 Å². The van der Waals surface area contributed by atoms with Crippen molar-refractivity contribution in [2.75, 3.05) is 13.2 Å². The van der Waals surface area contributed by atoms with Gasteiger partial charge in [-0.15, -0.1) is 0 Å². The van der Waals surface area contributed by atoms with Crippen LogP contribution in [0.5, 0.6) is 0 Å². The van der Waals surface area contributed by atoms with Gasteiger partial charge in [-0.1, -0.05) is 6.92 Å². The van der Waals surface area contributed by atoms with E-state index in [-0.39, 0.29) is 11.8 Å². The van der Waals surface area contributed by atoms with Gasteiger partial charge >= 0.3 is 0 Å². The number of rotatable bonds is 5. The maximum atomic E-state index is 12.9. The van der Waals surface area contributed by atoms with Crippen LogP contribution in [0.15, 0.2) is 0 Å². The summed E-state index contributed by atoms with van der Waals surface area (Å²) in [5.41, 5.74) is -0.573. The van der Waals surface area contributed by atoms with Gasteiger partial charge in [-0.05, 0) is 61.7 Å². The van der Waals surface area contributed by atoms with Crippen LogP contribution in [0, 0.1) is 29.6 Å². The minimum atomic E-state index is -2.76. The molecule has 0 amide bonds. The van der Waals surface area contributed by atoms with Gasteiger partial charge in [0.25, 0.3) is 5.92 Å². The van der Waals surface area contributed by atoms with Crippen molar-refractivity contribution in [1.82, 2.24) is 0 Å². The number of halogens is 2. The average Bonchev–Trinajstić information content (AvgIpc) is 2.37. The molecule has 2 nitrogen and oxygen atoms in total. The zero-order valence-electron chi connectivity index (χ0n) is 12.4. The standard InChI is InChI=1S/C16H26F2O2/c1-3-16(19)12-5-10-4-11(7-12)13(14(16)6-10)8-20-9-15(2,17)18/h10-14,19H,3-9H2,1-2H3. The van der Waals surface area contributed by atoms with Crippen LogP contribution in [0.4, 0.5) is 8.78 Å². The van der Waals surface area contributed by atoms with Crippen LogP contribution in [0.3, 0.4) is 0 Å². The SMILES string of the molecule is CCC1(O)C2CC3CC(C2)C(COCC(C)(F)F)C1C3. The summed E-state index contributed by atoms with van der Waals surface area (Å²) in [6, 6.07) is 0. The van der Waals surface area contributed by atoms with Crippen molar-refractivity contribution in [3.63, 3.8) is 0 Å². The Labute approximate surface area is 119 Å². The lowest BCUT2D eigenvalue weighted by molar-refractivity contribution is -0.214. The lowest BCUT2D eigenvalue weighted by Gasteiger charge is -2.62. The van der Waals surface area contributed by atoms with E-state index in [4.69, 9.17) is 4.74 Å². The molecule has 4 aliphatic rings. The maximum Gasteiger partial charge on any atom is 0.268 e. The second kappa shape index (κ2) is 4.91. The summed E-state index contributed by atoms with van der Waals surface area (Å²) < 4.78 is 31.1. The highest BCUT2D eigenvalue weighted by molar-refractivity contribution is 5.09. The van der Waals surface area contributed by atoms with Gasteiger partial charge in [0.1, 0.15) is 6.61 Å². The third kappa shape index (κ3) is 2.39. The van der Waals surface area contributed by atoms with Crippen molar-refractivity contribution in [2.24, 2.45) is 29.6 Å². The van der Waals surface area contributed by atoms with Crippen molar-refractivity contribution in [2.45, 2.75) is 57.5 Å². The molecule has 4 rings (SSSR count). The Kier molecular flexibility index (Phi) is 3.61. The van der Waals surface area contributed by atoms with E-state index in [2.05, 4.69) is 6.92 Å². The summed E-state index contributed by atoms with van der Waals surface area (Å²) in [6.45, 7) is 2.84. The predicted molar refractivity (Wildman–Crippen MR) is 72.6 cm³/mol. The molecule has 0 aliphatic heterocycles. The molecule has 116 valence electrons. The molecule has 0 aromatic heterocycles. The van der Waals surface area contributed by atoms with Crippen LogP contribution < -0.4 is 0 Å². The fourth-order valence-corrected chi connectivity index (χ4v) is 5.35. The first kappa shape index (κ1) is 14.7. The summed E-state index contributed by atoms with van der Waals surface area (Å²) in [7, 11) is 0. The van der Waals surface area contributed by atoms with Gasteiger partial charge in [0.15, 0.2) is 0 Å². The van der Waals surface area contributed by atoms with E-state index in [1.165, 1.54) is 6.42 Å². The summed E-state index contributed by atoms with van der Waals surface area (Å²) in [4.78, 5) is 0. The van der Waals surface area contributed by atoms with E-state index in [1.807, 2.05) is 0 Å². The molecule has 0 aromatic carbocycles. The topological polar surface area (TPSA) is 29.5 Å². The molecule has 0 heterocycles. The van der Waals surface area contributed by atoms with Crippen LogP contribution in [0.2, 0.25) is 0 Å². The van der Waals surface area contributed by atoms with Gasteiger partial charge in [0.2, 0.25) is 0 Å². The number of alkyl halides is 2. The average molecular weight is 288 g/mol. The fraction of sp³-hybridized carbons (Fsp3) is 1.00. The third-order valence-electron chi connectivity index (χ3n) is 6.13. The second-order valence-electron chi connectivity index (χ2n) is 7.47. The molecule has 0 radical (unpaired) electrons. The Morgan fingerprint density at radius 2 is 2.00 bits per heavy atom. The largest absolute Gasteiger partial charge is 0.389 e. The van der Waals surface area contributed by atoms with Crippen LogP contribution in [-0.4, -0.2) is 29.8 Å². The van der Waals surface area contributed by atoms with Gasteiger partial charge in [-0.25, -0.2) is 8.78 Å². The van der Waals surface area contributed by atoms with E-state index >= 15 is 0 Å². The lowest BCUT2D eigenvalue weighted by atomic mass is 9.45. The molecule has 0 aromatic rings. The van der Waals surface area contributed by atoms with Gasteiger partial charge in [0.05, 0.1) is 12.2 Å². The monoisotopic (exact) mass is 288 g/mol. The number of hydrogen-bond donors (Lipinski definition) is 1. The third-order valence-corrected chi connectivity index (χ3v) is 6.13. The molecule has 4 saturated carbocycles. The summed E-state index contributed by atoms with van der Waals surface area (Å²) in [5, 5.41) is 11.0. The second-order valence-corrected chi connectivity index (χ2v) is 7.47. The van der Waals surface area contributed by atoms with Crippen molar-refractivity contribution in [3.05, 3.63) is 0 Å². The molecule has 1 N–H and O–H groups in total. The Morgan fingerprint density at radius 3 is 2.65 bits per heavy atom. The Balaban J connectivity index is 1.69. The smallest absolute Gasteiger partial charge is 0.268 e. The molecule has 0 spiro atoms. The normalized spacial score (nSPS) is 47.0. The fourth-order valence-electron chi connectivity index (χ4n) is 5.35. The van der Waals surface area contributed by atoms with Crippen LogP contribution in [0.1, 0.15) is 46.0 Å². The number of hydrogen-bond acceptors (Lipinski definition) is 2. The first-order valence-corrected chi connectivity index (χ1v) is 8.01.